The summed E-state index contributed by atoms with van der Waals surface area (Å²) in [6.07, 6.45) is 1.22. The first-order chi connectivity index (χ1) is 13.8. The number of carbonyl (C=O) groups excluding carboxylic acids is 2. The van der Waals surface area contributed by atoms with Gasteiger partial charge in [-0.05, 0) is 30.5 Å². The predicted octanol–water partition coefficient (Wildman–Crippen LogP) is 3.43. The Morgan fingerprint density at radius 2 is 2.24 bits per heavy atom. The summed E-state index contributed by atoms with van der Waals surface area (Å²) in [7, 11) is 1.57. The highest BCUT2D eigenvalue weighted by Gasteiger charge is 2.34. The third kappa shape index (κ3) is 4.65. The Bertz CT molecular complexity index is 885. The number of piperidine rings is 1. The van der Waals surface area contributed by atoms with Gasteiger partial charge in [0.05, 0.1) is 30.5 Å². The number of hydrogen-bond acceptors (Lipinski definition) is 5. The molecule has 0 saturated carbocycles. The maximum absolute atomic E-state index is 14.9. The molecule has 0 N–H and O–H groups in total. The zero-order chi connectivity index (χ0) is 21.1. The number of halogens is 1. The van der Waals surface area contributed by atoms with E-state index in [1.165, 1.54) is 15.9 Å². The molecule has 2 atom stereocenters. The summed E-state index contributed by atoms with van der Waals surface area (Å²) in [5.74, 6) is -0.246. The lowest BCUT2D eigenvalue weighted by Crippen LogP contribution is -2.36. The molecule has 2 aliphatic heterocycles. The number of cyclic esters (lactones) is 1. The van der Waals surface area contributed by atoms with Crippen molar-refractivity contribution in [1.29, 1.82) is 5.26 Å². The first-order valence-corrected chi connectivity index (χ1v) is 9.80. The topological polar surface area (TPSA) is 76.9 Å². The summed E-state index contributed by atoms with van der Waals surface area (Å²) in [4.78, 5) is 28.1. The van der Waals surface area contributed by atoms with E-state index in [0.717, 1.165) is 5.57 Å². The van der Waals surface area contributed by atoms with E-state index in [1.54, 1.807) is 25.3 Å². The van der Waals surface area contributed by atoms with Crippen LogP contribution >= 0.6 is 12.6 Å². The fourth-order valence-corrected chi connectivity index (χ4v) is 3.78. The maximum atomic E-state index is 14.9. The Kier molecular flexibility index (Phi) is 6.33. The van der Waals surface area contributed by atoms with Gasteiger partial charge in [-0.1, -0.05) is 25.1 Å². The minimum absolute atomic E-state index is 0.170. The maximum Gasteiger partial charge on any atom is 0.414 e. The van der Waals surface area contributed by atoms with Crippen LogP contribution in [0, 0.1) is 23.1 Å². The van der Waals surface area contributed by atoms with Crippen molar-refractivity contribution in [2.75, 3.05) is 43.0 Å². The summed E-state index contributed by atoms with van der Waals surface area (Å²) in [6.45, 7) is 3.73. The van der Waals surface area contributed by atoms with E-state index < -0.39 is 23.3 Å². The number of nitriles is 1. The SMILES string of the molecule is CC1CN(c2ccc(N3C[C@@H](CN(C)C(=O)S)OC3=O)cc2F)CCC1=CC#N. The van der Waals surface area contributed by atoms with Crippen molar-refractivity contribution in [3.05, 3.63) is 35.7 Å². The van der Waals surface area contributed by atoms with Gasteiger partial charge in [0.25, 0.3) is 5.24 Å². The van der Waals surface area contributed by atoms with Gasteiger partial charge >= 0.3 is 6.09 Å². The molecule has 2 aliphatic rings. The van der Waals surface area contributed by atoms with Gasteiger partial charge in [-0.15, -0.1) is 0 Å². The van der Waals surface area contributed by atoms with Gasteiger partial charge in [0.1, 0.15) is 11.9 Å². The van der Waals surface area contributed by atoms with Crippen LogP contribution in [0.3, 0.4) is 0 Å². The molecule has 0 bridgehead atoms. The second kappa shape index (κ2) is 8.74. The fraction of sp³-hybridized carbons (Fsp3) is 0.450. The summed E-state index contributed by atoms with van der Waals surface area (Å²) in [5, 5.41) is 8.43. The number of hydrogen-bond donors (Lipinski definition) is 1. The van der Waals surface area contributed by atoms with E-state index in [2.05, 4.69) is 18.7 Å². The molecule has 29 heavy (non-hydrogen) atoms. The molecule has 3 rings (SSSR count). The fourth-order valence-electron chi connectivity index (χ4n) is 3.70. The lowest BCUT2D eigenvalue weighted by Gasteiger charge is -2.34. The van der Waals surface area contributed by atoms with Crippen LogP contribution in [0.5, 0.6) is 0 Å². The summed E-state index contributed by atoms with van der Waals surface area (Å²) in [5.41, 5.74) is 1.96. The smallest absolute Gasteiger partial charge is 0.414 e. The molecular weight excluding hydrogens is 395 g/mol. The Balaban J connectivity index is 1.70. The van der Waals surface area contributed by atoms with Gasteiger partial charge in [-0.2, -0.15) is 5.26 Å². The summed E-state index contributed by atoms with van der Waals surface area (Å²) in [6, 6.07) is 6.76. The molecule has 2 heterocycles. The quantitative estimate of drug-likeness (QED) is 0.599. The van der Waals surface area contributed by atoms with Crippen LogP contribution in [0.1, 0.15) is 13.3 Å². The Morgan fingerprint density at radius 1 is 1.48 bits per heavy atom. The van der Waals surface area contributed by atoms with Crippen molar-refractivity contribution in [2.24, 2.45) is 5.92 Å². The third-order valence-electron chi connectivity index (χ3n) is 5.31. The Labute approximate surface area is 174 Å². The van der Waals surface area contributed by atoms with Gasteiger partial charge in [-0.3, -0.25) is 9.69 Å². The predicted molar refractivity (Wildman–Crippen MR) is 111 cm³/mol. The number of anilines is 2. The lowest BCUT2D eigenvalue weighted by atomic mass is 9.92. The van der Waals surface area contributed by atoms with Crippen molar-refractivity contribution >= 4 is 35.3 Å². The van der Waals surface area contributed by atoms with Gasteiger partial charge < -0.3 is 14.5 Å². The molecule has 0 aromatic heterocycles. The number of benzene rings is 1. The minimum atomic E-state index is -0.569. The molecule has 0 radical (unpaired) electrons. The molecule has 9 heteroatoms. The Morgan fingerprint density at radius 3 is 2.86 bits per heavy atom. The number of rotatable bonds is 4. The zero-order valence-corrected chi connectivity index (χ0v) is 17.2. The number of carbonyl (C=O) groups is 2. The normalized spacial score (nSPS) is 23.1. The Hall–Kier alpha value is -2.73. The second-order valence-electron chi connectivity index (χ2n) is 7.36. The van der Waals surface area contributed by atoms with Gasteiger partial charge in [0.2, 0.25) is 0 Å². The zero-order valence-electron chi connectivity index (χ0n) is 16.3. The molecule has 0 spiro atoms. The molecule has 1 aromatic rings. The molecule has 154 valence electrons. The average Bonchev–Trinajstić information content (AvgIpc) is 3.03. The van der Waals surface area contributed by atoms with Crippen LogP contribution in [0.25, 0.3) is 0 Å². The van der Waals surface area contributed by atoms with Crippen molar-refractivity contribution in [3.63, 3.8) is 0 Å². The molecular formula is C20H23FN4O3S. The van der Waals surface area contributed by atoms with Crippen molar-refractivity contribution in [3.8, 4) is 6.07 Å². The van der Waals surface area contributed by atoms with Gasteiger partial charge in [-0.25, -0.2) is 9.18 Å². The summed E-state index contributed by atoms with van der Waals surface area (Å²) >= 11 is 3.74. The van der Waals surface area contributed by atoms with E-state index >= 15 is 0 Å². The number of amides is 2. The second-order valence-corrected chi connectivity index (χ2v) is 7.74. The number of thiol groups is 1. The highest BCUT2D eigenvalue weighted by atomic mass is 32.1. The van der Waals surface area contributed by atoms with E-state index in [1.807, 2.05) is 11.8 Å². The highest BCUT2D eigenvalue weighted by Crippen LogP contribution is 2.32. The first-order valence-electron chi connectivity index (χ1n) is 9.35. The first kappa shape index (κ1) is 21.0. The van der Waals surface area contributed by atoms with E-state index in [9.17, 15) is 14.0 Å². The molecule has 2 saturated heterocycles. The minimum Gasteiger partial charge on any atom is -0.442 e. The molecule has 2 amide bonds. The van der Waals surface area contributed by atoms with Crippen molar-refractivity contribution in [1.82, 2.24) is 4.90 Å². The van der Waals surface area contributed by atoms with Crippen molar-refractivity contribution < 1.29 is 18.7 Å². The lowest BCUT2D eigenvalue weighted by molar-refractivity contribution is 0.124. The molecule has 1 aromatic carbocycles. The van der Waals surface area contributed by atoms with E-state index in [0.29, 0.717) is 30.9 Å². The number of likely N-dealkylation sites (N-methyl/N-ethyl adjacent to an activating group) is 1. The van der Waals surface area contributed by atoms with Crippen LogP contribution in [0.2, 0.25) is 0 Å². The molecule has 0 aliphatic carbocycles. The van der Waals surface area contributed by atoms with Crippen LogP contribution in [-0.2, 0) is 4.74 Å². The molecule has 7 nitrogen and oxygen atoms in total. The van der Waals surface area contributed by atoms with Crippen LogP contribution in [0.15, 0.2) is 29.8 Å². The van der Waals surface area contributed by atoms with Crippen molar-refractivity contribution in [2.45, 2.75) is 19.4 Å². The highest BCUT2D eigenvalue weighted by molar-refractivity contribution is 7.96. The summed E-state index contributed by atoms with van der Waals surface area (Å²) < 4.78 is 20.1. The average molecular weight is 418 g/mol. The van der Waals surface area contributed by atoms with Gasteiger partial charge in [0.15, 0.2) is 0 Å². The third-order valence-corrected chi connectivity index (χ3v) is 5.65. The molecule has 1 unspecified atom stereocenters. The number of nitrogens with zero attached hydrogens (tertiary/aromatic N) is 4. The molecule has 2 fully saturated rings. The monoisotopic (exact) mass is 418 g/mol. The largest absolute Gasteiger partial charge is 0.442 e. The van der Waals surface area contributed by atoms with E-state index in [-0.39, 0.29) is 19.0 Å². The van der Waals surface area contributed by atoms with Gasteiger partial charge in [0, 0.05) is 26.2 Å². The van der Waals surface area contributed by atoms with Crippen LogP contribution in [0.4, 0.5) is 25.4 Å². The van der Waals surface area contributed by atoms with E-state index in [4.69, 9.17) is 10.00 Å². The van der Waals surface area contributed by atoms with Crippen LogP contribution < -0.4 is 9.80 Å². The number of ether oxygens (including phenoxy) is 1. The number of allylic oxidation sites excluding steroid dienone is 1. The standard InChI is InChI=1S/C20H23FN4O3S/c1-13-10-24(8-6-14(13)5-7-22)18-4-3-15(9-17(18)21)25-12-16(28-19(25)26)11-23(2)20(27)29/h3-5,9,13,16H,6,8,10-12H2,1-2H3,(H,27,29)/t13?,16-/m1/s1. The van der Waals surface area contributed by atoms with Crippen LogP contribution in [-0.4, -0.2) is 55.6 Å².